The molecule has 3 aromatic rings. The summed E-state index contributed by atoms with van der Waals surface area (Å²) >= 11 is 9.61. The third kappa shape index (κ3) is 2.65. The van der Waals surface area contributed by atoms with Crippen molar-refractivity contribution in [1.29, 1.82) is 0 Å². The summed E-state index contributed by atoms with van der Waals surface area (Å²) in [5.74, 6) is 0.254. The molecule has 0 fully saturated rings. The van der Waals surface area contributed by atoms with Gasteiger partial charge in [-0.3, -0.25) is 0 Å². The maximum Gasteiger partial charge on any atom is 0.126 e. The Balaban J connectivity index is 2.02. The summed E-state index contributed by atoms with van der Waals surface area (Å²) in [4.78, 5) is 0. The maximum atomic E-state index is 14.0. The molecule has 0 N–H and O–H groups in total. The summed E-state index contributed by atoms with van der Waals surface area (Å²) in [6, 6.07) is 10.9. The highest BCUT2D eigenvalue weighted by molar-refractivity contribution is 9.10. The fraction of sp³-hybridized carbons (Fsp3) is 0.238. The van der Waals surface area contributed by atoms with Gasteiger partial charge in [-0.1, -0.05) is 37.2 Å². The number of aromatic nitrogens is 1. The van der Waals surface area contributed by atoms with Crippen molar-refractivity contribution in [1.82, 2.24) is 4.57 Å². The molecule has 1 aliphatic heterocycles. The average molecular weight is 419 g/mol. The number of halogens is 3. The van der Waals surface area contributed by atoms with E-state index in [1.54, 1.807) is 6.07 Å². The Morgan fingerprint density at radius 2 is 2.04 bits per heavy atom. The molecular weight excluding hydrogens is 401 g/mol. The zero-order valence-corrected chi connectivity index (χ0v) is 16.3. The van der Waals surface area contributed by atoms with Crippen molar-refractivity contribution < 1.29 is 4.39 Å². The van der Waals surface area contributed by atoms with Crippen molar-refractivity contribution in [2.75, 3.05) is 0 Å². The Morgan fingerprint density at radius 1 is 1.32 bits per heavy atom. The van der Waals surface area contributed by atoms with Crippen molar-refractivity contribution in [3.05, 3.63) is 75.1 Å². The summed E-state index contributed by atoms with van der Waals surface area (Å²) in [6.07, 6.45) is 2.16. The van der Waals surface area contributed by atoms with Crippen molar-refractivity contribution in [3.8, 4) is 0 Å². The first kappa shape index (κ1) is 16.9. The van der Waals surface area contributed by atoms with Crippen LogP contribution in [-0.4, -0.2) is 4.57 Å². The predicted molar refractivity (Wildman–Crippen MR) is 107 cm³/mol. The zero-order valence-electron chi connectivity index (χ0n) is 14.0. The van der Waals surface area contributed by atoms with Crippen LogP contribution < -0.4 is 0 Å². The molecule has 0 amide bonds. The molecule has 4 heteroatoms. The molecule has 1 unspecified atom stereocenters. The monoisotopic (exact) mass is 417 g/mol. The van der Waals surface area contributed by atoms with Gasteiger partial charge >= 0.3 is 0 Å². The smallest absolute Gasteiger partial charge is 0.126 e. The average Bonchev–Trinajstić information content (AvgIpc) is 3.13. The van der Waals surface area contributed by atoms with E-state index in [9.17, 15) is 4.39 Å². The molecule has 2 aromatic carbocycles. The first-order valence-corrected chi connectivity index (χ1v) is 9.64. The summed E-state index contributed by atoms with van der Waals surface area (Å²) in [5, 5.41) is 1.76. The fourth-order valence-electron chi connectivity index (χ4n) is 4.00. The van der Waals surface area contributed by atoms with Gasteiger partial charge in [0, 0.05) is 38.6 Å². The summed E-state index contributed by atoms with van der Waals surface area (Å²) < 4.78 is 17.1. The Hall–Kier alpha value is -1.58. The van der Waals surface area contributed by atoms with Crippen LogP contribution in [0.5, 0.6) is 0 Å². The van der Waals surface area contributed by atoms with Crippen LogP contribution in [0.4, 0.5) is 4.39 Å². The van der Waals surface area contributed by atoms with Gasteiger partial charge in [0.2, 0.25) is 0 Å². The van der Waals surface area contributed by atoms with E-state index in [1.807, 2.05) is 24.3 Å². The van der Waals surface area contributed by atoms with E-state index in [4.69, 9.17) is 11.6 Å². The second-order valence-corrected chi connectivity index (χ2v) is 7.86. The van der Waals surface area contributed by atoms with Crippen LogP contribution in [0.25, 0.3) is 16.5 Å². The molecule has 1 nitrogen and oxygen atoms in total. The number of hydrogen-bond acceptors (Lipinski definition) is 0. The largest absolute Gasteiger partial charge is 0.344 e. The number of fused-ring (bicyclic) bond motifs is 3. The van der Waals surface area contributed by atoms with Gasteiger partial charge < -0.3 is 4.57 Å². The minimum absolute atomic E-state index is 0.219. The summed E-state index contributed by atoms with van der Waals surface area (Å²) in [5.41, 5.74) is 5.36. The lowest BCUT2D eigenvalue weighted by Crippen LogP contribution is -1.98. The van der Waals surface area contributed by atoms with Crippen LogP contribution in [0.3, 0.4) is 0 Å². The van der Waals surface area contributed by atoms with Crippen LogP contribution in [0, 0.1) is 5.82 Å². The minimum Gasteiger partial charge on any atom is -0.344 e. The van der Waals surface area contributed by atoms with Gasteiger partial charge in [0.25, 0.3) is 0 Å². The fourth-order valence-corrected chi connectivity index (χ4v) is 4.74. The molecule has 0 saturated carbocycles. The van der Waals surface area contributed by atoms with Crippen molar-refractivity contribution in [2.24, 2.45) is 0 Å². The van der Waals surface area contributed by atoms with Gasteiger partial charge in [0.1, 0.15) is 5.82 Å². The Bertz CT molecular complexity index is 988. The number of hydrogen-bond donors (Lipinski definition) is 0. The van der Waals surface area contributed by atoms with Crippen LogP contribution >= 0.6 is 27.5 Å². The van der Waals surface area contributed by atoms with E-state index in [0.29, 0.717) is 10.9 Å². The molecule has 25 heavy (non-hydrogen) atoms. The third-order valence-electron chi connectivity index (χ3n) is 5.20. The normalized spacial score (nSPS) is 16.4. The van der Waals surface area contributed by atoms with Crippen LogP contribution in [0.1, 0.15) is 42.5 Å². The molecule has 128 valence electrons. The van der Waals surface area contributed by atoms with E-state index in [1.165, 1.54) is 11.8 Å². The molecule has 1 aliphatic rings. The van der Waals surface area contributed by atoms with Gasteiger partial charge in [-0.15, -0.1) is 0 Å². The van der Waals surface area contributed by atoms with Crippen LogP contribution in [0.15, 0.2) is 47.4 Å². The topological polar surface area (TPSA) is 4.93 Å². The van der Waals surface area contributed by atoms with Gasteiger partial charge in [-0.25, -0.2) is 4.39 Å². The predicted octanol–water partition coefficient (Wildman–Crippen LogP) is 7.16. The Kier molecular flexibility index (Phi) is 4.25. The highest BCUT2D eigenvalue weighted by atomic mass is 79.9. The standard InChI is InChI=1S/C21H18BrClFN/c1-3-13-8-9-25-18-11-16(24)10-17(22)20(18)19(21(13)25)12(2)14-4-6-15(23)7-5-14/h4-7,10-11,13H,2-3,8-9H2,1H3. The second-order valence-electron chi connectivity index (χ2n) is 6.57. The van der Waals surface area contributed by atoms with E-state index in [2.05, 4.69) is 34.0 Å². The quantitative estimate of drug-likeness (QED) is 0.425. The van der Waals surface area contributed by atoms with Crippen molar-refractivity contribution in [3.63, 3.8) is 0 Å². The molecule has 0 radical (unpaired) electrons. The van der Waals surface area contributed by atoms with E-state index >= 15 is 0 Å². The van der Waals surface area contributed by atoms with Crippen LogP contribution in [-0.2, 0) is 6.54 Å². The second kappa shape index (κ2) is 6.30. The van der Waals surface area contributed by atoms with Crippen LogP contribution in [0.2, 0.25) is 5.02 Å². The van der Waals surface area contributed by atoms with Gasteiger partial charge in [-0.2, -0.15) is 0 Å². The van der Waals surface area contributed by atoms with Gasteiger partial charge in [-0.05, 0) is 64.2 Å². The molecule has 0 aliphatic carbocycles. The molecule has 0 saturated heterocycles. The molecule has 2 heterocycles. The highest BCUT2D eigenvalue weighted by Crippen LogP contribution is 2.46. The lowest BCUT2D eigenvalue weighted by molar-refractivity contribution is 0.626. The lowest BCUT2D eigenvalue weighted by Gasteiger charge is -2.13. The molecule has 4 rings (SSSR count). The number of aryl methyl sites for hydroxylation is 1. The van der Waals surface area contributed by atoms with Crippen molar-refractivity contribution >= 4 is 44.0 Å². The zero-order chi connectivity index (χ0) is 17.7. The number of nitrogens with zero attached hydrogens (tertiary/aromatic N) is 1. The van der Waals surface area contributed by atoms with E-state index in [0.717, 1.165) is 51.5 Å². The van der Waals surface area contributed by atoms with E-state index in [-0.39, 0.29) is 5.82 Å². The third-order valence-corrected chi connectivity index (χ3v) is 6.07. The maximum absolute atomic E-state index is 14.0. The number of benzene rings is 2. The highest BCUT2D eigenvalue weighted by Gasteiger charge is 2.30. The Labute approximate surface area is 160 Å². The molecule has 1 aromatic heterocycles. The first-order valence-electron chi connectivity index (χ1n) is 8.47. The SMILES string of the molecule is C=C(c1ccc(Cl)cc1)c1c2n(c3cc(F)cc(Br)c13)CCC2CC. The van der Waals surface area contributed by atoms with Gasteiger partial charge in [0.05, 0.1) is 5.52 Å². The molecule has 0 bridgehead atoms. The summed E-state index contributed by atoms with van der Waals surface area (Å²) in [7, 11) is 0. The van der Waals surface area contributed by atoms with E-state index < -0.39 is 0 Å². The molecular formula is C21H18BrClFN. The summed E-state index contributed by atoms with van der Waals surface area (Å²) in [6.45, 7) is 7.52. The molecule has 1 atom stereocenters. The lowest BCUT2D eigenvalue weighted by atomic mass is 9.90. The minimum atomic E-state index is -0.219. The molecule has 0 spiro atoms. The van der Waals surface area contributed by atoms with Crippen molar-refractivity contribution in [2.45, 2.75) is 32.2 Å². The first-order chi connectivity index (χ1) is 12.0. The Morgan fingerprint density at radius 3 is 2.72 bits per heavy atom. The van der Waals surface area contributed by atoms with Gasteiger partial charge in [0.15, 0.2) is 0 Å². The number of rotatable bonds is 3.